The highest BCUT2D eigenvalue weighted by molar-refractivity contribution is 5.39. The lowest BCUT2D eigenvalue weighted by molar-refractivity contribution is 0.532. The summed E-state index contributed by atoms with van der Waals surface area (Å²) in [5.74, 6) is 0.886. The van der Waals surface area contributed by atoms with Gasteiger partial charge in [0.05, 0.1) is 11.9 Å². The standard InChI is InChI=1S/C11H19N3/c1-8(2)14-7-11(6-12-14)13-9(3)10-4-5-10/h6-10,13H,4-5H2,1-3H3. The van der Waals surface area contributed by atoms with Crippen LogP contribution < -0.4 is 5.32 Å². The second-order valence-electron chi connectivity index (χ2n) is 4.57. The number of nitrogens with one attached hydrogen (secondary N) is 1. The van der Waals surface area contributed by atoms with Crippen molar-refractivity contribution in [1.82, 2.24) is 9.78 Å². The van der Waals surface area contributed by atoms with Gasteiger partial charge in [0.15, 0.2) is 0 Å². The number of anilines is 1. The quantitative estimate of drug-likeness (QED) is 0.796. The molecule has 1 heterocycles. The van der Waals surface area contributed by atoms with Gasteiger partial charge >= 0.3 is 0 Å². The van der Waals surface area contributed by atoms with E-state index in [0.717, 1.165) is 11.6 Å². The first-order valence-corrected chi connectivity index (χ1v) is 5.47. The molecule has 0 aromatic carbocycles. The Kier molecular flexibility index (Phi) is 2.48. The summed E-state index contributed by atoms with van der Waals surface area (Å²) in [6, 6.07) is 1.04. The maximum Gasteiger partial charge on any atom is 0.0728 e. The lowest BCUT2D eigenvalue weighted by Crippen LogP contribution is -2.16. The lowest BCUT2D eigenvalue weighted by Gasteiger charge is -2.11. The first-order valence-electron chi connectivity index (χ1n) is 5.47. The van der Waals surface area contributed by atoms with Gasteiger partial charge in [0, 0.05) is 18.3 Å². The molecular formula is C11H19N3. The Bertz CT molecular complexity index is 299. The van der Waals surface area contributed by atoms with Gasteiger partial charge in [-0.2, -0.15) is 5.10 Å². The highest BCUT2D eigenvalue weighted by atomic mass is 15.3. The molecule has 1 aliphatic rings. The molecule has 0 spiro atoms. The molecule has 14 heavy (non-hydrogen) atoms. The largest absolute Gasteiger partial charge is 0.380 e. The van der Waals surface area contributed by atoms with Crippen LogP contribution in [0.5, 0.6) is 0 Å². The third-order valence-corrected chi connectivity index (χ3v) is 2.85. The molecule has 1 aliphatic carbocycles. The van der Waals surface area contributed by atoms with Crippen LogP contribution in [0.1, 0.15) is 39.7 Å². The van der Waals surface area contributed by atoms with Crippen LogP contribution in [0.3, 0.4) is 0 Å². The van der Waals surface area contributed by atoms with Crippen LogP contribution in [-0.4, -0.2) is 15.8 Å². The third-order valence-electron chi connectivity index (χ3n) is 2.85. The van der Waals surface area contributed by atoms with Gasteiger partial charge in [-0.15, -0.1) is 0 Å². The predicted molar refractivity (Wildman–Crippen MR) is 58.4 cm³/mol. The Morgan fingerprint density at radius 2 is 2.14 bits per heavy atom. The van der Waals surface area contributed by atoms with Crippen molar-refractivity contribution < 1.29 is 0 Å². The molecule has 78 valence electrons. The van der Waals surface area contributed by atoms with Crippen LogP contribution in [0.25, 0.3) is 0 Å². The van der Waals surface area contributed by atoms with E-state index in [1.54, 1.807) is 0 Å². The molecule has 0 radical (unpaired) electrons. The minimum atomic E-state index is 0.446. The van der Waals surface area contributed by atoms with Gasteiger partial charge < -0.3 is 5.32 Å². The first-order chi connectivity index (χ1) is 6.66. The van der Waals surface area contributed by atoms with Crippen molar-refractivity contribution in [2.45, 2.75) is 45.7 Å². The maximum atomic E-state index is 4.30. The van der Waals surface area contributed by atoms with Crippen molar-refractivity contribution in [3.05, 3.63) is 12.4 Å². The maximum absolute atomic E-state index is 4.30. The molecule has 0 amide bonds. The monoisotopic (exact) mass is 193 g/mol. The summed E-state index contributed by atoms with van der Waals surface area (Å²) >= 11 is 0. The summed E-state index contributed by atoms with van der Waals surface area (Å²) in [5, 5.41) is 7.80. The Balaban J connectivity index is 1.95. The van der Waals surface area contributed by atoms with Gasteiger partial charge in [-0.1, -0.05) is 0 Å². The molecule has 1 aromatic rings. The molecule has 2 rings (SSSR count). The fourth-order valence-corrected chi connectivity index (χ4v) is 1.67. The van der Waals surface area contributed by atoms with E-state index in [2.05, 4.69) is 37.4 Å². The van der Waals surface area contributed by atoms with Crippen molar-refractivity contribution in [3.63, 3.8) is 0 Å². The Morgan fingerprint density at radius 1 is 1.43 bits per heavy atom. The van der Waals surface area contributed by atoms with Crippen LogP contribution in [0, 0.1) is 5.92 Å². The number of hydrogen-bond donors (Lipinski definition) is 1. The highest BCUT2D eigenvalue weighted by Crippen LogP contribution is 2.33. The van der Waals surface area contributed by atoms with Gasteiger partial charge in [0.2, 0.25) is 0 Å². The van der Waals surface area contributed by atoms with Gasteiger partial charge in [-0.3, -0.25) is 4.68 Å². The molecular weight excluding hydrogens is 174 g/mol. The SMILES string of the molecule is CC(Nc1cnn(C(C)C)c1)C1CC1. The Morgan fingerprint density at radius 3 is 2.64 bits per heavy atom. The van der Waals surface area contributed by atoms with Crippen molar-refractivity contribution in [2.75, 3.05) is 5.32 Å². The van der Waals surface area contributed by atoms with Crippen molar-refractivity contribution in [3.8, 4) is 0 Å². The minimum Gasteiger partial charge on any atom is -0.380 e. The summed E-state index contributed by atoms with van der Waals surface area (Å²) in [6.45, 7) is 6.53. The minimum absolute atomic E-state index is 0.446. The third kappa shape index (κ3) is 2.08. The molecule has 1 fully saturated rings. The molecule has 3 heteroatoms. The number of hydrogen-bond acceptors (Lipinski definition) is 2. The van der Waals surface area contributed by atoms with Crippen LogP contribution in [0.15, 0.2) is 12.4 Å². The molecule has 0 saturated heterocycles. The van der Waals surface area contributed by atoms with Crippen molar-refractivity contribution in [2.24, 2.45) is 5.92 Å². The Labute approximate surface area is 85.5 Å². The number of aromatic nitrogens is 2. The average molecular weight is 193 g/mol. The van der Waals surface area contributed by atoms with E-state index < -0.39 is 0 Å². The molecule has 0 aliphatic heterocycles. The zero-order chi connectivity index (χ0) is 10.1. The number of rotatable bonds is 4. The lowest BCUT2D eigenvalue weighted by atomic mass is 10.2. The number of nitrogens with zero attached hydrogens (tertiary/aromatic N) is 2. The molecule has 1 aromatic heterocycles. The van der Waals surface area contributed by atoms with Crippen LogP contribution in [-0.2, 0) is 0 Å². The van der Waals surface area contributed by atoms with Gasteiger partial charge in [-0.05, 0) is 39.5 Å². The predicted octanol–water partition coefficient (Wildman–Crippen LogP) is 2.67. The highest BCUT2D eigenvalue weighted by Gasteiger charge is 2.27. The fourth-order valence-electron chi connectivity index (χ4n) is 1.67. The van der Waals surface area contributed by atoms with E-state index in [1.165, 1.54) is 12.8 Å². The van der Waals surface area contributed by atoms with E-state index in [9.17, 15) is 0 Å². The zero-order valence-corrected chi connectivity index (χ0v) is 9.20. The normalized spacial score (nSPS) is 18.6. The van der Waals surface area contributed by atoms with Gasteiger partial charge in [0.1, 0.15) is 0 Å². The Hall–Kier alpha value is -0.990. The molecule has 1 atom stereocenters. The van der Waals surface area contributed by atoms with Crippen molar-refractivity contribution >= 4 is 5.69 Å². The van der Waals surface area contributed by atoms with E-state index in [4.69, 9.17) is 0 Å². The topological polar surface area (TPSA) is 29.9 Å². The van der Waals surface area contributed by atoms with Crippen molar-refractivity contribution in [1.29, 1.82) is 0 Å². The second kappa shape index (κ2) is 3.64. The fraction of sp³-hybridized carbons (Fsp3) is 0.727. The summed E-state index contributed by atoms with van der Waals surface area (Å²) < 4.78 is 1.99. The summed E-state index contributed by atoms with van der Waals surface area (Å²) in [4.78, 5) is 0. The second-order valence-corrected chi connectivity index (χ2v) is 4.57. The molecule has 1 N–H and O–H groups in total. The zero-order valence-electron chi connectivity index (χ0n) is 9.20. The van der Waals surface area contributed by atoms with E-state index in [0.29, 0.717) is 12.1 Å². The molecule has 3 nitrogen and oxygen atoms in total. The van der Waals surface area contributed by atoms with Gasteiger partial charge in [0.25, 0.3) is 0 Å². The summed E-state index contributed by atoms with van der Waals surface area (Å²) in [7, 11) is 0. The van der Waals surface area contributed by atoms with Crippen LogP contribution in [0.4, 0.5) is 5.69 Å². The average Bonchev–Trinajstić information content (AvgIpc) is 2.87. The van der Waals surface area contributed by atoms with Crippen LogP contribution >= 0.6 is 0 Å². The summed E-state index contributed by atoms with van der Waals surface area (Å²) in [5.41, 5.74) is 1.15. The molecule has 0 bridgehead atoms. The van der Waals surface area contributed by atoms with E-state index in [1.807, 2.05) is 10.9 Å². The smallest absolute Gasteiger partial charge is 0.0728 e. The summed E-state index contributed by atoms with van der Waals surface area (Å²) in [6.07, 6.45) is 6.77. The van der Waals surface area contributed by atoms with Gasteiger partial charge in [-0.25, -0.2) is 0 Å². The molecule has 1 saturated carbocycles. The van der Waals surface area contributed by atoms with E-state index >= 15 is 0 Å². The van der Waals surface area contributed by atoms with Crippen LogP contribution in [0.2, 0.25) is 0 Å². The molecule has 1 unspecified atom stereocenters. The first kappa shape index (κ1) is 9.56. The van der Waals surface area contributed by atoms with E-state index in [-0.39, 0.29) is 0 Å².